The molecule has 1 aliphatic heterocycles. The molecule has 1 aliphatic rings. The topological polar surface area (TPSA) is 32.5 Å². The molecule has 1 heterocycles. The van der Waals surface area contributed by atoms with E-state index >= 15 is 0 Å². The van der Waals surface area contributed by atoms with Crippen molar-refractivity contribution in [3.05, 3.63) is 35.1 Å². The zero-order chi connectivity index (χ0) is 14.8. The summed E-state index contributed by atoms with van der Waals surface area (Å²) in [6, 6.07) is 5.52. The molecule has 0 saturated carbocycles. The number of nitrogens with two attached hydrogens (primary N) is 1. The Kier molecular flexibility index (Phi) is 4.78. The van der Waals surface area contributed by atoms with Crippen LogP contribution in [-0.4, -0.2) is 41.5 Å². The third kappa shape index (κ3) is 3.57. The Morgan fingerprint density at radius 3 is 2.25 bits per heavy atom. The van der Waals surface area contributed by atoms with Crippen LogP contribution in [0.5, 0.6) is 0 Å². The summed E-state index contributed by atoms with van der Waals surface area (Å²) in [5.74, 6) is -0.131. The van der Waals surface area contributed by atoms with Gasteiger partial charge in [-0.15, -0.1) is 0 Å². The largest absolute Gasteiger partial charge is 0.326 e. The fraction of sp³-hybridized carbons (Fsp3) is 0.625. The van der Waals surface area contributed by atoms with Gasteiger partial charge in [0.05, 0.1) is 0 Å². The van der Waals surface area contributed by atoms with Gasteiger partial charge in [-0.3, -0.25) is 9.80 Å². The summed E-state index contributed by atoms with van der Waals surface area (Å²) in [6.45, 7) is 11.7. The van der Waals surface area contributed by atoms with Crippen molar-refractivity contribution in [1.82, 2.24) is 9.80 Å². The van der Waals surface area contributed by atoms with Crippen LogP contribution in [-0.2, 0) is 13.1 Å². The molecule has 0 bridgehead atoms. The van der Waals surface area contributed by atoms with Crippen molar-refractivity contribution in [1.29, 1.82) is 0 Å². The van der Waals surface area contributed by atoms with E-state index in [4.69, 9.17) is 5.73 Å². The van der Waals surface area contributed by atoms with Crippen molar-refractivity contribution in [2.24, 2.45) is 5.73 Å². The summed E-state index contributed by atoms with van der Waals surface area (Å²) < 4.78 is 14.2. The van der Waals surface area contributed by atoms with Crippen molar-refractivity contribution in [3.63, 3.8) is 0 Å². The van der Waals surface area contributed by atoms with Crippen LogP contribution in [0.1, 0.15) is 31.9 Å². The average molecular weight is 279 g/mol. The first-order valence-electron chi connectivity index (χ1n) is 7.35. The van der Waals surface area contributed by atoms with Crippen LogP contribution < -0.4 is 5.73 Å². The highest BCUT2D eigenvalue weighted by molar-refractivity contribution is 5.25. The van der Waals surface area contributed by atoms with E-state index in [1.807, 2.05) is 12.1 Å². The van der Waals surface area contributed by atoms with Crippen molar-refractivity contribution in [2.75, 3.05) is 26.2 Å². The average Bonchev–Trinajstić information content (AvgIpc) is 2.41. The highest BCUT2D eigenvalue weighted by Gasteiger charge is 2.26. The van der Waals surface area contributed by atoms with Gasteiger partial charge in [0.1, 0.15) is 5.82 Å². The van der Waals surface area contributed by atoms with Crippen LogP contribution in [0.15, 0.2) is 18.2 Å². The Hall–Kier alpha value is -0.970. The van der Waals surface area contributed by atoms with Crippen LogP contribution in [0.4, 0.5) is 4.39 Å². The molecule has 0 unspecified atom stereocenters. The zero-order valence-corrected chi connectivity index (χ0v) is 12.8. The quantitative estimate of drug-likeness (QED) is 0.920. The number of nitrogens with zero attached hydrogens (tertiary/aromatic N) is 2. The van der Waals surface area contributed by atoms with Crippen molar-refractivity contribution in [3.8, 4) is 0 Å². The summed E-state index contributed by atoms with van der Waals surface area (Å²) in [7, 11) is 0. The number of rotatable bonds is 3. The molecule has 1 aromatic rings. The summed E-state index contributed by atoms with van der Waals surface area (Å²) >= 11 is 0. The molecule has 0 aromatic heterocycles. The molecule has 1 fully saturated rings. The summed E-state index contributed by atoms with van der Waals surface area (Å²) in [6.07, 6.45) is 0. The van der Waals surface area contributed by atoms with Crippen LogP contribution in [0.3, 0.4) is 0 Å². The van der Waals surface area contributed by atoms with Crippen LogP contribution in [0.25, 0.3) is 0 Å². The minimum Gasteiger partial charge on any atom is -0.326 e. The molecule has 2 N–H and O–H groups in total. The van der Waals surface area contributed by atoms with Crippen molar-refractivity contribution >= 4 is 0 Å². The molecule has 4 heteroatoms. The maximum atomic E-state index is 14.2. The van der Waals surface area contributed by atoms with E-state index in [-0.39, 0.29) is 17.9 Å². The first kappa shape index (κ1) is 15.4. The predicted molar refractivity (Wildman–Crippen MR) is 80.9 cm³/mol. The Labute approximate surface area is 121 Å². The van der Waals surface area contributed by atoms with E-state index in [1.54, 1.807) is 6.07 Å². The molecule has 0 atom stereocenters. The summed E-state index contributed by atoms with van der Waals surface area (Å²) in [4.78, 5) is 4.80. The van der Waals surface area contributed by atoms with E-state index in [0.29, 0.717) is 12.1 Å². The molecule has 1 saturated heterocycles. The monoisotopic (exact) mass is 279 g/mol. The zero-order valence-electron chi connectivity index (χ0n) is 12.8. The Morgan fingerprint density at radius 1 is 1.10 bits per heavy atom. The molecular weight excluding hydrogens is 253 g/mol. The number of hydrogen-bond acceptors (Lipinski definition) is 3. The maximum Gasteiger partial charge on any atom is 0.132 e. The lowest BCUT2D eigenvalue weighted by Gasteiger charge is -2.42. The van der Waals surface area contributed by atoms with Gasteiger partial charge in [-0.25, -0.2) is 4.39 Å². The van der Waals surface area contributed by atoms with Gasteiger partial charge in [0.2, 0.25) is 0 Å². The van der Waals surface area contributed by atoms with Gasteiger partial charge in [-0.1, -0.05) is 18.2 Å². The van der Waals surface area contributed by atoms with Crippen molar-refractivity contribution < 1.29 is 4.39 Å². The molecule has 0 radical (unpaired) electrons. The maximum absolute atomic E-state index is 14.2. The second-order valence-electron chi connectivity index (χ2n) is 6.53. The lowest BCUT2D eigenvalue weighted by Crippen LogP contribution is -2.53. The standard InChI is InChI=1S/C16H26FN3/c1-16(2,3)20-9-7-19(8-10-20)12-14-6-4-5-13(11-18)15(14)17/h4-6H,7-12,18H2,1-3H3. The van der Waals surface area contributed by atoms with E-state index in [9.17, 15) is 4.39 Å². The highest BCUT2D eigenvalue weighted by atomic mass is 19.1. The van der Waals surface area contributed by atoms with Gasteiger partial charge in [-0.05, 0) is 20.8 Å². The van der Waals surface area contributed by atoms with Gasteiger partial charge >= 0.3 is 0 Å². The van der Waals surface area contributed by atoms with Crippen LogP contribution >= 0.6 is 0 Å². The third-order valence-corrected chi connectivity index (χ3v) is 4.09. The van der Waals surface area contributed by atoms with Crippen molar-refractivity contribution in [2.45, 2.75) is 39.4 Å². The minimum absolute atomic E-state index is 0.131. The van der Waals surface area contributed by atoms with E-state index in [0.717, 1.165) is 31.7 Å². The number of hydrogen-bond donors (Lipinski definition) is 1. The highest BCUT2D eigenvalue weighted by Crippen LogP contribution is 2.19. The first-order chi connectivity index (χ1) is 9.41. The molecule has 3 nitrogen and oxygen atoms in total. The van der Waals surface area contributed by atoms with Gasteiger partial charge in [-0.2, -0.15) is 0 Å². The normalized spacial score (nSPS) is 18.4. The van der Waals surface area contributed by atoms with Gasteiger partial charge in [0.25, 0.3) is 0 Å². The lowest BCUT2D eigenvalue weighted by atomic mass is 10.0. The molecule has 1 aromatic carbocycles. The Morgan fingerprint density at radius 2 is 1.70 bits per heavy atom. The Balaban J connectivity index is 1.96. The molecule has 2 rings (SSSR count). The molecule has 20 heavy (non-hydrogen) atoms. The van der Waals surface area contributed by atoms with Gasteiger partial charge in [0, 0.05) is 55.9 Å². The molecular formula is C16H26FN3. The van der Waals surface area contributed by atoms with E-state index < -0.39 is 0 Å². The first-order valence-corrected chi connectivity index (χ1v) is 7.35. The minimum atomic E-state index is -0.131. The SMILES string of the molecule is CC(C)(C)N1CCN(Cc2cccc(CN)c2F)CC1. The van der Waals surface area contributed by atoms with Gasteiger partial charge in [0.15, 0.2) is 0 Å². The second kappa shape index (κ2) is 6.20. The number of benzene rings is 1. The smallest absolute Gasteiger partial charge is 0.132 e. The van der Waals surface area contributed by atoms with E-state index in [2.05, 4.69) is 30.6 Å². The lowest BCUT2D eigenvalue weighted by molar-refractivity contribution is 0.0586. The van der Waals surface area contributed by atoms with Crippen LogP contribution in [0, 0.1) is 5.82 Å². The number of halogens is 1. The molecule has 112 valence electrons. The molecule has 0 spiro atoms. The van der Waals surface area contributed by atoms with Gasteiger partial charge < -0.3 is 5.73 Å². The van der Waals surface area contributed by atoms with Crippen LogP contribution in [0.2, 0.25) is 0 Å². The fourth-order valence-electron chi connectivity index (χ4n) is 2.73. The Bertz CT molecular complexity index is 446. The summed E-state index contributed by atoms with van der Waals surface area (Å²) in [5, 5.41) is 0. The third-order valence-electron chi connectivity index (χ3n) is 4.09. The van der Waals surface area contributed by atoms with E-state index in [1.165, 1.54) is 0 Å². The molecule has 0 aliphatic carbocycles. The predicted octanol–water partition coefficient (Wildman–Crippen LogP) is 2.20. The fourth-order valence-corrected chi connectivity index (χ4v) is 2.73. The second-order valence-corrected chi connectivity index (χ2v) is 6.53. The number of piperazine rings is 1. The molecule has 0 amide bonds. The summed E-state index contributed by atoms with van der Waals surface area (Å²) in [5.41, 5.74) is 7.15.